The van der Waals surface area contributed by atoms with Crippen molar-refractivity contribution in [3.8, 4) is 5.75 Å². The highest BCUT2D eigenvalue weighted by Crippen LogP contribution is 2.24. The summed E-state index contributed by atoms with van der Waals surface area (Å²) in [5.41, 5.74) is 1.05. The minimum atomic E-state index is -1.10. The molecule has 0 radical (unpaired) electrons. The van der Waals surface area contributed by atoms with E-state index in [0.717, 1.165) is 23.8 Å². The van der Waals surface area contributed by atoms with Gasteiger partial charge in [-0.25, -0.2) is 0 Å². The number of fused-ring (bicyclic) bond motifs is 1. The summed E-state index contributed by atoms with van der Waals surface area (Å²) >= 11 is 5.88. The molecule has 3 aromatic rings. The molecular weight excluding hydrogens is 376 g/mol. The Balaban J connectivity index is 1.81. The van der Waals surface area contributed by atoms with Crippen LogP contribution in [0.25, 0.3) is 10.9 Å². The summed E-state index contributed by atoms with van der Waals surface area (Å²) in [4.78, 5) is 27.5. The van der Waals surface area contributed by atoms with Gasteiger partial charge in [-0.2, -0.15) is 0 Å². The van der Waals surface area contributed by atoms with Crippen LogP contribution in [0.3, 0.4) is 0 Å². The summed E-state index contributed by atoms with van der Waals surface area (Å²) in [6, 6.07) is 14.0. The molecule has 0 atom stereocenters. The van der Waals surface area contributed by atoms with Crippen LogP contribution in [-0.4, -0.2) is 16.5 Å². The van der Waals surface area contributed by atoms with Gasteiger partial charge in [0.1, 0.15) is 5.75 Å². The van der Waals surface area contributed by atoms with E-state index in [1.54, 1.807) is 50.2 Å². The average Bonchev–Trinajstić information content (AvgIpc) is 2.63. The monoisotopic (exact) mass is 398 g/mol. The van der Waals surface area contributed by atoms with Gasteiger partial charge in [0.05, 0.1) is 5.52 Å². The molecule has 0 aliphatic rings. The summed E-state index contributed by atoms with van der Waals surface area (Å²) in [5.74, 6) is 0.255. The quantitative estimate of drug-likeness (QED) is 0.618. The topological polar surface area (TPSA) is 71.2 Å². The summed E-state index contributed by atoms with van der Waals surface area (Å²) in [5, 5.41) is 4.45. The van der Waals surface area contributed by atoms with E-state index in [0.29, 0.717) is 22.0 Å². The predicted octanol–water partition coefficient (Wildman–Crippen LogP) is 4.93. The second-order valence-corrected chi connectivity index (χ2v) is 7.63. The van der Waals surface area contributed by atoms with Crippen molar-refractivity contribution in [2.24, 2.45) is 0 Å². The van der Waals surface area contributed by atoms with E-state index >= 15 is 0 Å². The number of pyridine rings is 1. The van der Waals surface area contributed by atoms with Crippen molar-refractivity contribution in [3.05, 3.63) is 69.5 Å². The van der Waals surface area contributed by atoms with Gasteiger partial charge in [-0.1, -0.05) is 31.0 Å². The zero-order valence-electron chi connectivity index (χ0n) is 16.1. The lowest BCUT2D eigenvalue weighted by Gasteiger charge is -2.25. The Bertz CT molecular complexity index is 1060. The number of carbonyl (C=O) groups is 1. The maximum absolute atomic E-state index is 12.7. The molecule has 0 bridgehead atoms. The lowest BCUT2D eigenvalue weighted by molar-refractivity contribution is -0.128. The second kappa shape index (κ2) is 8.07. The molecular formula is C22H23ClN2O3. The third-order valence-corrected chi connectivity index (χ3v) is 4.69. The molecule has 2 N–H and O–H groups in total. The van der Waals surface area contributed by atoms with Crippen LogP contribution in [0.5, 0.6) is 5.75 Å². The lowest BCUT2D eigenvalue weighted by Crippen LogP contribution is -2.42. The molecule has 0 unspecified atom stereocenters. The average molecular weight is 399 g/mol. The van der Waals surface area contributed by atoms with Crippen LogP contribution in [0.1, 0.15) is 32.8 Å². The number of amides is 1. The van der Waals surface area contributed by atoms with Gasteiger partial charge in [-0.15, -0.1) is 0 Å². The minimum absolute atomic E-state index is 0.147. The van der Waals surface area contributed by atoms with Crippen LogP contribution in [0.2, 0.25) is 5.02 Å². The Kier molecular flexibility index (Phi) is 5.75. The van der Waals surface area contributed by atoms with Gasteiger partial charge in [0.25, 0.3) is 5.91 Å². The zero-order chi connectivity index (χ0) is 20.3. The SMILES string of the molecule is CCCc1cc(=O)[nH]c2cc(NC(=O)C(C)(C)Oc3ccc(Cl)cc3)ccc12. The molecule has 1 aromatic heterocycles. The fourth-order valence-corrected chi connectivity index (χ4v) is 3.14. The Hall–Kier alpha value is -2.79. The highest BCUT2D eigenvalue weighted by atomic mass is 35.5. The third kappa shape index (κ3) is 4.54. The number of hydrogen-bond donors (Lipinski definition) is 2. The van der Waals surface area contributed by atoms with Crippen molar-refractivity contribution < 1.29 is 9.53 Å². The number of aromatic amines is 1. The summed E-state index contributed by atoms with van der Waals surface area (Å²) in [7, 11) is 0. The standard InChI is InChI=1S/C22H23ClN2O3/c1-4-5-14-12-20(26)25-19-13-16(8-11-18(14)19)24-21(27)22(2,3)28-17-9-6-15(23)7-10-17/h6-13H,4-5H2,1-3H3,(H,24,27)(H,25,26). The Morgan fingerprint density at radius 3 is 2.54 bits per heavy atom. The molecule has 0 aliphatic heterocycles. The van der Waals surface area contributed by atoms with Gasteiger partial charge in [0, 0.05) is 22.2 Å². The van der Waals surface area contributed by atoms with E-state index in [-0.39, 0.29) is 11.5 Å². The molecule has 2 aromatic carbocycles. The van der Waals surface area contributed by atoms with Gasteiger partial charge >= 0.3 is 0 Å². The predicted molar refractivity (Wildman–Crippen MR) is 113 cm³/mol. The van der Waals surface area contributed by atoms with E-state index in [9.17, 15) is 9.59 Å². The second-order valence-electron chi connectivity index (χ2n) is 7.19. The molecule has 6 heteroatoms. The Morgan fingerprint density at radius 2 is 1.86 bits per heavy atom. The van der Waals surface area contributed by atoms with Crippen molar-refractivity contribution >= 4 is 34.1 Å². The summed E-state index contributed by atoms with van der Waals surface area (Å²) < 4.78 is 5.82. The number of hydrogen-bond acceptors (Lipinski definition) is 3. The first kappa shape index (κ1) is 20.0. The van der Waals surface area contributed by atoms with Crippen LogP contribution in [0.4, 0.5) is 5.69 Å². The lowest BCUT2D eigenvalue weighted by atomic mass is 10.0. The van der Waals surface area contributed by atoms with Gasteiger partial charge < -0.3 is 15.0 Å². The molecule has 0 saturated carbocycles. The van der Waals surface area contributed by atoms with Gasteiger partial charge in [-0.3, -0.25) is 9.59 Å². The number of aromatic nitrogens is 1. The van der Waals surface area contributed by atoms with E-state index in [2.05, 4.69) is 17.2 Å². The summed E-state index contributed by atoms with van der Waals surface area (Å²) in [6.07, 6.45) is 1.78. The van der Waals surface area contributed by atoms with Gasteiger partial charge in [0.2, 0.25) is 5.56 Å². The fourth-order valence-electron chi connectivity index (χ4n) is 3.01. The number of nitrogens with one attached hydrogen (secondary N) is 2. The number of anilines is 1. The third-order valence-electron chi connectivity index (χ3n) is 4.44. The highest BCUT2D eigenvalue weighted by Gasteiger charge is 2.30. The number of carbonyl (C=O) groups excluding carboxylic acids is 1. The van der Waals surface area contributed by atoms with Crippen LogP contribution < -0.4 is 15.6 Å². The molecule has 0 aliphatic carbocycles. The van der Waals surface area contributed by atoms with E-state index in [4.69, 9.17) is 16.3 Å². The number of aryl methyl sites for hydroxylation is 1. The van der Waals surface area contributed by atoms with E-state index in [1.807, 2.05) is 12.1 Å². The number of halogens is 1. The first-order valence-corrected chi connectivity index (χ1v) is 9.58. The molecule has 0 spiro atoms. The molecule has 28 heavy (non-hydrogen) atoms. The molecule has 0 fully saturated rings. The fraction of sp³-hybridized carbons (Fsp3) is 0.273. The molecule has 146 valence electrons. The summed E-state index contributed by atoms with van der Waals surface area (Å²) in [6.45, 7) is 5.46. The van der Waals surface area contributed by atoms with Crippen LogP contribution in [0.15, 0.2) is 53.3 Å². The maximum Gasteiger partial charge on any atom is 0.267 e. The number of benzene rings is 2. The molecule has 0 saturated heterocycles. The molecule has 1 amide bonds. The van der Waals surface area contributed by atoms with Crippen molar-refractivity contribution in [2.45, 2.75) is 39.2 Å². The van der Waals surface area contributed by atoms with Crippen LogP contribution in [0, 0.1) is 0 Å². The van der Waals surface area contributed by atoms with Crippen molar-refractivity contribution in [3.63, 3.8) is 0 Å². The minimum Gasteiger partial charge on any atom is -0.478 e. The zero-order valence-corrected chi connectivity index (χ0v) is 16.9. The Morgan fingerprint density at radius 1 is 1.14 bits per heavy atom. The molecule has 1 heterocycles. The van der Waals surface area contributed by atoms with Gasteiger partial charge in [0.15, 0.2) is 5.60 Å². The normalized spacial score (nSPS) is 11.4. The van der Waals surface area contributed by atoms with Crippen molar-refractivity contribution in [1.29, 1.82) is 0 Å². The van der Waals surface area contributed by atoms with E-state index < -0.39 is 5.60 Å². The van der Waals surface area contributed by atoms with Crippen LogP contribution >= 0.6 is 11.6 Å². The van der Waals surface area contributed by atoms with Gasteiger partial charge in [-0.05, 0) is 62.2 Å². The molecule has 3 rings (SSSR count). The van der Waals surface area contributed by atoms with E-state index in [1.165, 1.54) is 0 Å². The smallest absolute Gasteiger partial charge is 0.267 e. The first-order chi connectivity index (χ1) is 13.3. The largest absolute Gasteiger partial charge is 0.478 e. The van der Waals surface area contributed by atoms with Crippen LogP contribution in [-0.2, 0) is 11.2 Å². The Labute approximate surface area is 168 Å². The highest BCUT2D eigenvalue weighted by molar-refractivity contribution is 6.30. The molecule has 5 nitrogen and oxygen atoms in total. The maximum atomic E-state index is 12.7. The number of H-pyrrole nitrogens is 1. The number of ether oxygens (including phenoxy) is 1. The first-order valence-electron chi connectivity index (χ1n) is 9.20. The van der Waals surface area contributed by atoms with Crippen molar-refractivity contribution in [2.75, 3.05) is 5.32 Å². The van der Waals surface area contributed by atoms with Crippen molar-refractivity contribution in [1.82, 2.24) is 4.98 Å². The number of rotatable bonds is 6.